The van der Waals surface area contributed by atoms with Gasteiger partial charge in [0.25, 0.3) is 15.9 Å². The summed E-state index contributed by atoms with van der Waals surface area (Å²) in [6.45, 7) is 1.59. The normalized spacial score (nSPS) is 11.1. The molecular formula is C26H27N3O7S. The lowest BCUT2D eigenvalue weighted by molar-refractivity contribution is -0.142. The molecule has 0 aliphatic heterocycles. The van der Waals surface area contributed by atoms with Gasteiger partial charge in [-0.25, -0.2) is 18.6 Å². The summed E-state index contributed by atoms with van der Waals surface area (Å²) < 4.78 is 43.0. The van der Waals surface area contributed by atoms with Gasteiger partial charge in [-0.1, -0.05) is 18.2 Å². The number of sulfonamides is 1. The lowest BCUT2D eigenvalue weighted by Gasteiger charge is -2.23. The van der Waals surface area contributed by atoms with Crippen LogP contribution in [0.2, 0.25) is 0 Å². The van der Waals surface area contributed by atoms with Gasteiger partial charge in [0.15, 0.2) is 6.61 Å². The number of esters is 1. The number of para-hydroxylation sites is 1. The van der Waals surface area contributed by atoms with Crippen LogP contribution in [0.1, 0.15) is 12.5 Å². The quantitative estimate of drug-likeness (QED) is 0.219. The molecule has 194 valence electrons. The smallest absolute Gasteiger partial charge is 0.343 e. The molecular weight excluding hydrogens is 498 g/mol. The third-order valence-electron chi connectivity index (χ3n) is 4.92. The predicted molar refractivity (Wildman–Crippen MR) is 138 cm³/mol. The Morgan fingerprint density at radius 3 is 2.16 bits per heavy atom. The van der Waals surface area contributed by atoms with Gasteiger partial charge in [0.2, 0.25) is 0 Å². The summed E-state index contributed by atoms with van der Waals surface area (Å²) in [5, 5.41) is 3.91. The zero-order valence-electron chi connectivity index (χ0n) is 20.4. The summed E-state index contributed by atoms with van der Waals surface area (Å²) in [5.74, 6) is -0.123. The Kier molecular flexibility index (Phi) is 9.61. The number of nitrogens with zero attached hydrogens (tertiary/aromatic N) is 2. The minimum Gasteiger partial charge on any atom is -0.494 e. The van der Waals surface area contributed by atoms with Crippen LogP contribution in [0.4, 0.5) is 5.69 Å². The van der Waals surface area contributed by atoms with Crippen molar-refractivity contribution in [2.24, 2.45) is 5.10 Å². The third kappa shape index (κ3) is 7.80. The van der Waals surface area contributed by atoms with Crippen LogP contribution in [0.5, 0.6) is 11.5 Å². The minimum absolute atomic E-state index is 0.0191. The van der Waals surface area contributed by atoms with Crippen LogP contribution in [0.25, 0.3) is 0 Å². The highest BCUT2D eigenvalue weighted by Gasteiger charge is 2.27. The van der Waals surface area contributed by atoms with Crippen molar-refractivity contribution in [2.75, 3.05) is 31.2 Å². The molecule has 0 aliphatic carbocycles. The second-order valence-corrected chi connectivity index (χ2v) is 9.34. The predicted octanol–water partition coefficient (Wildman–Crippen LogP) is 2.98. The molecule has 0 aliphatic rings. The average molecular weight is 526 g/mol. The van der Waals surface area contributed by atoms with E-state index < -0.39 is 28.4 Å². The first-order valence-electron chi connectivity index (χ1n) is 11.3. The number of carbonyl (C=O) groups is 2. The number of amides is 1. The van der Waals surface area contributed by atoms with Gasteiger partial charge in [-0.05, 0) is 73.2 Å². The average Bonchev–Trinajstić information content (AvgIpc) is 2.92. The molecule has 0 saturated carbocycles. The Labute approximate surface area is 215 Å². The standard InChI is InChI=1S/C26H27N3O7S/c1-3-35-22-13-15-24(16-14-22)37(32,33)29(21-7-5-4-6-8-21)18-25(30)28-27-17-20-9-11-23(12-10-20)36-19-26(31)34-2/h4-17H,3,18-19H2,1-2H3,(H,28,30)/b27-17+. The third-order valence-corrected chi connectivity index (χ3v) is 6.71. The Balaban J connectivity index is 1.69. The largest absolute Gasteiger partial charge is 0.494 e. The number of methoxy groups -OCH3 is 1. The van der Waals surface area contributed by atoms with Crippen LogP contribution in [-0.2, 0) is 24.3 Å². The maximum atomic E-state index is 13.4. The first-order valence-corrected chi connectivity index (χ1v) is 12.7. The van der Waals surface area contributed by atoms with Crippen LogP contribution in [0.15, 0.2) is 88.9 Å². The molecule has 0 radical (unpaired) electrons. The Hall–Kier alpha value is -4.38. The summed E-state index contributed by atoms with van der Waals surface area (Å²) in [6, 6.07) is 20.9. The maximum Gasteiger partial charge on any atom is 0.343 e. The summed E-state index contributed by atoms with van der Waals surface area (Å²) in [6.07, 6.45) is 1.40. The molecule has 0 saturated heterocycles. The summed E-state index contributed by atoms with van der Waals surface area (Å²) in [5.41, 5.74) is 3.33. The van der Waals surface area contributed by atoms with Gasteiger partial charge >= 0.3 is 5.97 Å². The summed E-state index contributed by atoms with van der Waals surface area (Å²) in [7, 11) is -2.79. The van der Waals surface area contributed by atoms with Crippen LogP contribution < -0.4 is 19.2 Å². The second-order valence-electron chi connectivity index (χ2n) is 7.48. The molecule has 0 bridgehead atoms. The molecule has 0 heterocycles. The van der Waals surface area contributed by atoms with Gasteiger partial charge in [-0.2, -0.15) is 5.10 Å². The van der Waals surface area contributed by atoms with E-state index in [9.17, 15) is 18.0 Å². The molecule has 3 rings (SSSR count). The van der Waals surface area contributed by atoms with Crippen LogP contribution in [0, 0.1) is 0 Å². The fourth-order valence-corrected chi connectivity index (χ4v) is 4.53. The number of benzene rings is 3. The van der Waals surface area contributed by atoms with E-state index in [0.29, 0.717) is 29.4 Å². The molecule has 37 heavy (non-hydrogen) atoms. The van der Waals surface area contributed by atoms with E-state index in [-0.39, 0.29) is 11.5 Å². The molecule has 0 atom stereocenters. The van der Waals surface area contributed by atoms with E-state index in [1.165, 1.54) is 25.5 Å². The summed E-state index contributed by atoms with van der Waals surface area (Å²) in [4.78, 5) is 23.8. The van der Waals surface area contributed by atoms with Crippen molar-refractivity contribution in [2.45, 2.75) is 11.8 Å². The number of nitrogens with one attached hydrogen (secondary N) is 1. The van der Waals surface area contributed by atoms with E-state index in [1.54, 1.807) is 66.7 Å². The molecule has 3 aromatic rings. The van der Waals surface area contributed by atoms with Crippen molar-refractivity contribution in [1.82, 2.24) is 5.43 Å². The van der Waals surface area contributed by atoms with Gasteiger partial charge in [-0.3, -0.25) is 9.10 Å². The number of hydrogen-bond donors (Lipinski definition) is 1. The Morgan fingerprint density at radius 2 is 1.54 bits per heavy atom. The fraction of sp³-hybridized carbons (Fsp3) is 0.192. The van der Waals surface area contributed by atoms with Gasteiger partial charge in [-0.15, -0.1) is 0 Å². The van der Waals surface area contributed by atoms with Gasteiger partial charge in [0, 0.05) is 0 Å². The zero-order valence-corrected chi connectivity index (χ0v) is 21.2. The molecule has 0 unspecified atom stereocenters. The van der Waals surface area contributed by atoms with E-state index in [2.05, 4.69) is 15.3 Å². The molecule has 3 aromatic carbocycles. The van der Waals surface area contributed by atoms with Gasteiger partial charge in [0.05, 0.1) is 30.5 Å². The highest BCUT2D eigenvalue weighted by Crippen LogP contribution is 2.25. The second kappa shape index (κ2) is 13.1. The van der Waals surface area contributed by atoms with Crippen LogP contribution in [-0.4, -0.2) is 53.4 Å². The Morgan fingerprint density at radius 1 is 0.919 bits per heavy atom. The first kappa shape index (κ1) is 27.2. The van der Waals surface area contributed by atoms with Crippen LogP contribution >= 0.6 is 0 Å². The lowest BCUT2D eigenvalue weighted by Crippen LogP contribution is -2.39. The van der Waals surface area contributed by atoms with E-state index >= 15 is 0 Å². The number of rotatable bonds is 12. The zero-order chi connectivity index (χ0) is 26.7. The molecule has 11 heteroatoms. The number of ether oxygens (including phenoxy) is 3. The highest BCUT2D eigenvalue weighted by atomic mass is 32.2. The molecule has 0 fully saturated rings. The van der Waals surface area contributed by atoms with Crippen molar-refractivity contribution in [3.05, 3.63) is 84.4 Å². The van der Waals surface area contributed by atoms with Crippen LogP contribution in [0.3, 0.4) is 0 Å². The molecule has 1 N–H and O–H groups in total. The molecule has 0 aromatic heterocycles. The number of hydrazone groups is 1. The van der Waals surface area contributed by atoms with Gasteiger partial charge in [0.1, 0.15) is 18.0 Å². The number of carbonyl (C=O) groups excluding carboxylic acids is 2. The topological polar surface area (TPSA) is 124 Å². The van der Waals surface area contributed by atoms with Crippen molar-refractivity contribution in [1.29, 1.82) is 0 Å². The lowest BCUT2D eigenvalue weighted by atomic mass is 10.2. The first-order chi connectivity index (χ1) is 17.8. The van der Waals surface area contributed by atoms with Crippen molar-refractivity contribution in [3.63, 3.8) is 0 Å². The van der Waals surface area contributed by atoms with E-state index in [0.717, 1.165) is 4.31 Å². The van der Waals surface area contributed by atoms with Crippen molar-refractivity contribution in [3.8, 4) is 11.5 Å². The Bertz CT molecular complexity index is 1310. The number of hydrogen-bond acceptors (Lipinski definition) is 8. The monoisotopic (exact) mass is 525 g/mol. The highest BCUT2D eigenvalue weighted by molar-refractivity contribution is 7.92. The minimum atomic E-state index is -4.06. The van der Waals surface area contributed by atoms with E-state index in [1.807, 2.05) is 6.92 Å². The molecule has 1 amide bonds. The van der Waals surface area contributed by atoms with Crippen molar-refractivity contribution < 1.29 is 32.2 Å². The fourth-order valence-electron chi connectivity index (χ4n) is 3.11. The SMILES string of the molecule is CCOc1ccc(S(=O)(=O)N(CC(=O)N/N=C/c2ccc(OCC(=O)OC)cc2)c2ccccc2)cc1. The summed E-state index contributed by atoms with van der Waals surface area (Å²) >= 11 is 0. The van der Waals surface area contributed by atoms with Gasteiger partial charge < -0.3 is 14.2 Å². The molecule has 0 spiro atoms. The number of anilines is 1. The van der Waals surface area contributed by atoms with E-state index in [4.69, 9.17) is 9.47 Å². The molecule has 10 nitrogen and oxygen atoms in total. The van der Waals surface area contributed by atoms with Crippen molar-refractivity contribution >= 4 is 33.8 Å². The maximum absolute atomic E-state index is 13.4.